The lowest BCUT2D eigenvalue weighted by Gasteiger charge is -1.98. The van der Waals surface area contributed by atoms with Gasteiger partial charge in [0.2, 0.25) is 0 Å². The Hall–Kier alpha value is -1.86. The number of carbonyl (C=O) groups is 1. The Kier molecular flexibility index (Phi) is 3.83. The standard InChI is InChI=1S/C11H10FNO2/c12-9-4-5-10(11(14)15)8(7-9)3-1-2-6-13/h4-5,7H,2,6,13H2,(H,14,15). The smallest absolute Gasteiger partial charge is 0.336 e. The van der Waals surface area contributed by atoms with Crippen LogP contribution in [0.1, 0.15) is 22.3 Å². The van der Waals surface area contributed by atoms with Crippen LogP contribution >= 0.6 is 0 Å². The number of hydrogen-bond donors (Lipinski definition) is 2. The molecule has 1 aromatic rings. The molecule has 0 bridgehead atoms. The minimum absolute atomic E-state index is 0.000853. The first-order valence-electron chi connectivity index (χ1n) is 4.37. The first-order chi connectivity index (χ1) is 7.15. The summed E-state index contributed by atoms with van der Waals surface area (Å²) >= 11 is 0. The maximum absolute atomic E-state index is 12.8. The molecule has 0 aliphatic rings. The van der Waals surface area contributed by atoms with Gasteiger partial charge in [0.1, 0.15) is 5.82 Å². The van der Waals surface area contributed by atoms with Gasteiger partial charge in [0.05, 0.1) is 5.56 Å². The zero-order chi connectivity index (χ0) is 11.3. The third-order valence-corrected chi connectivity index (χ3v) is 1.70. The normalized spacial score (nSPS) is 9.20. The Morgan fingerprint density at radius 1 is 1.53 bits per heavy atom. The van der Waals surface area contributed by atoms with E-state index < -0.39 is 11.8 Å². The van der Waals surface area contributed by atoms with E-state index in [0.29, 0.717) is 13.0 Å². The Morgan fingerprint density at radius 3 is 2.87 bits per heavy atom. The number of benzene rings is 1. The molecule has 4 heteroatoms. The van der Waals surface area contributed by atoms with Gasteiger partial charge < -0.3 is 10.8 Å². The molecule has 15 heavy (non-hydrogen) atoms. The predicted molar refractivity (Wildman–Crippen MR) is 53.9 cm³/mol. The van der Waals surface area contributed by atoms with E-state index in [9.17, 15) is 9.18 Å². The molecule has 0 heterocycles. The lowest BCUT2D eigenvalue weighted by atomic mass is 10.1. The molecule has 0 radical (unpaired) electrons. The van der Waals surface area contributed by atoms with Crippen molar-refractivity contribution in [2.75, 3.05) is 6.54 Å². The first-order valence-corrected chi connectivity index (χ1v) is 4.37. The molecule has 0 saturated carbocycles. The molecule has 0 unspecified atom stereocenters. The van der Waals surface area contributed by atoms with E-state index in [0.717, 1.165) is 12.1 Å². The van der Waals surface area contributed by atoms with E-state index in [1.807, 2.05) is 0 Å². The largest absolute Gasteiger partial charge is 0.478 e. The van der Waals surface area contributed by atoms with Crippen LogP contribution in [0.25, 0.3) is 0 Å². The van der Waals surface area contributed by atoms with Gasteiger partial charge in [-0.3, -0.25) is 0 Å². The number of rotatable bonds is 2. The second kappa shape index (κ2) is 5.13. The summed E-state index contributed by atoms with van der Waals surface area (Å²) in [5.41, 5.74) is 5.41. The van der Waals surface area contributed by atoms with Crippen molar-refractivity contribution in [3.63, 3.8) is 0 Å². The molecule has 0 aromatic heterocycles. The minimum Gasteiger partial charge on any atom is -0.478 e. The second-order valence-corrected chi connectivity index (χ2v) is 2.84. The molecule has 0 fully saturated rings. The number of halogens is 1. The molecule has 1 aromatic carbocycles. The van der Waals surface area contributed by atoms with E-state index >= 15 is 0 Å². The summed E-state index contributed by atoms with van der Waals surface area (Å²) in [6.45, 7) is 0.394. The summed E-state index contributed by atoms with van der Waals surface area (Å²) in [6.07, 6.45) is 0.454. The molecule has 0 amide bonds. The lowest BCUT2D eigenvalue weighted by Crippen LogP contribution is -2.01. The fraction of sp³-hybridized carbons (Fsp3) is 0.182. The van der Waals surface area contributed by atoms with Crippen molar-refractivity contribution < 1.29 is 14.3 Å². The van der Waals surface area contributed by atoms with Crippen LogP contribution in [0.15, 0.2) is 18.2 Å². The molecule has 3 nitrogen and oxygen atoms in total. The van der Waals surface area contributed by atoms with E-state index in [1.165, 1.54) is 6.07 Å². The summed E-state index contributed by atoms with van der Waals surface area (Å²) < 4.78 is 12.8. The van der Waals surface area contributed by atoms with Crippen molar-refractivity contribution >= 4 is 5.97 Å². The van der Waals surface area contributed by atoms with Crippen LogP contribution in [0.4, 0.5) is 4.39 Å². The van der Waals surface area contributed by atoms with Crippen LogP contribution in [0.5, 0.6) is 0 Å². The third kappa shape index (κ3) is 3.08. The van der Waals surface area contributed by atoms with Gasteiger partial charge in [-0.1, -0.05) is 11.8 Å². The molecule has 0 spiro atoms. The highest BCUT2D eigenvalue weighted by Gasteiger charge is 2.08. The van der Waals surface area contributed by atoms with Gasteiger partial charge in [-0.15, -0.1) is 0 Å². The summed E-state index contributed by atoms with van der Waals surface area (Å²) in [7, 11) is 0. The first kappa shape index (κ1) is 11.2. The van der Waals surface area contributed by atoms with E-state index in [2.05, 4.69) is 11.8 Å². The molecule has 1 rings (SSSR count). The van der Waals surface area contributed by atoms with Crippen LogP contribution in [-0.4, -0.2) is 17.6 Å². The van der Waals surface area contributed by atoms with Gasteiger partial charge in [-0.2, -0.15) is 0 Å². The summed E-state index contributed by atoms with van der Waals surface area (Å²) in [5, 5.41) is 8.80. The summed E-state index contributed by atoms with van der Waals surface area (Å²) in [4.78, 5) is 10.8. The van der Waals surface area contributed by atoms with Crippen LogP contribution < -0.4 is 5.73 Å². The van der Waals surface area contributed by atoms with Crippen molar-refractivity contribution in [2.24, 2.45) is 5.73 Å². The number of nitrogens with two attached hydrogens (primary N) is 1. The monoisotopic (exact) mass is 207 g/mol. The highest BCUT2D eigenvalue weighted by molar-refractivity contribution is 5.90. The number of aromatic carboxylic acids is 1. The quantitative estimate of drug-likeness (QED) is 0.717. The average Bonchev–Trinajstić information content (AvgIpc) is 2.18. The Labute approximate surface area is 86.7 Å². The third-order valence-electron chi connectivity index (χ3n) is 1.70. The summed E-state index contributed by atoms with van der Waals surface area (Å²) in [5.74, 6) is 3.63. The second-order valence-electron chi connectivity index (χ2n) is 2.84. The predicted octanol–water partition coefficient (Wildman–Crippen LogP) is 1.22. The van der Waals surface area contributed by atoms with Gasteiger partial charge in [0.15, 0.2) is 0 Å². The van der Waals surface area contributed by atoms with Crippen molar-refractivity contribution in [1.29, 1.82) is 0 Å². The van der Waals surface area contributed by atoms with E-state index in [1.54, 1.807) is 0 Å². The Bertz CT molecular complexity index is 432. The number of hydrogen-bond acceptors (Lipinski definition) is 2. The number of carboxylic acid groups (broad SMARTS) is 1. The zero-order valence-corrected chi connectivity index (χ0v) is 7.96. The average molecular weight is 207 g/mol. The van der Waals surface area contributed by atoms with Crippen molar-refractivity contribution in [3.05, 3.63) is 35.1 Å². The molecule has 0 aliphatic heterocycles. The molecule has 78 valence electrons. The minimum atomic E-state index is -1.12. The van der Waals surface area contributed by atoms with Gasteiger partial charge >= 0.3 is 5.97 Å². The van der Waals surface area contributed by atoms with Crippen LogP contribution in [0.3, 0.4) is 0 Å². The molecule has 3 N–H and O–H groups in total. The van der Waals surface area contributed by atoms with Crippen LogP contribution in [-0.2, 0) is 0 Å². The highest BCUT2D eigenvalue weighted by atomic mass is 19.1. The molecule has 0 aliphatic carbocycles. The molecule has 0 saturated heterocycles. The van der Waals surface area contributed by atoms with Gasteiger partial charge in [-0.25, -0.2) is 9.18 Å². The maximum atomic E-state index is 12.8. The zero-order valence-electron chi connectivity index (χ0n) is 7.96. The van der Waals surface area contributed by atoms with E-state index in [4.69, 9.17) is 10.8 Å². The number of carboxylic acids is 1. The van der Waals surface area contributed by atoms with Gasteiger partial charge in [0.25, 0.3) is 0 Å². The molecular formula is C11H10FNO2. The topological polar surface area (TPSA) is 63.3 Å². The molecule has 0 atom stereocenters. The van der Waals surface area contributed by atoms with Crippen molar-refractivity contribution in [2.45, 2.75) is 6.42 Å². The summed E-state index contributed by atoms with van der Waals surface area (Å²) in [6, 6.07) is 3.40. The fourth-order valence-electron chi connectivity index (χ4n) is 1.04. The van der Waals surface area contributed by atoms with Crippen LogP contribution in [0, 0.1) is 17.7 Å². The fourth-order valence-corrected chi connectivity index (χ4v) is 1.04. The van der Waals surface area contributed by atoms with Gasteiger partial charge in [0, 0.05) is 18.5 Å². The van der Waals surface area contributed by atoms with Crippen molar-refractivity contribution in [1.82, 2.24) is 0 Å². The van der Waals surface area contributed by atoms with Crippen molar-refractivity contribution in [3.8, 4) is 11.8 Å². The Morgan fingerprint density at radius 2 is 2.27 bits per heavy atom. The van der Waals surface area contributed by atoms with Gasteiger partial charge in [-0.05, 0) is 18.2 Å². The van der Waals surface area contributed by atoms with Crippen LogP contribution in [0.2, 0.25) is 0 Å². The highest BCUT2D eigenvalue weighted by Crippen LogP contribution is 2.10. The lowest BCUT2D eigenvalue weighted by molar-refractivity contribution is 0.0696. The molecular weight excluding hydrogens is 197 g/mol. The maximum Gasteiger partial charge on any atom is 0.336 e. The SMILES string of the molecule is NCCC#Cc1cc(F)ccc1C(=O)O. The Balaban J connectivity index is 3.09. The van der Waals surface area contributed by atoms with E-state index in [-0.39, 0.29) is 11.1 Å².